The topological polar surface area (TPSA) is 55.4 Å². The van der Waals surface area contributed by atoms with Crippen LogP contribution in [0.2, 0.25) is 10.0 Å². The molecule has 0 aromatic heterocycles. The average molecular weight is 470 g/mol. The fourth-order valence-corrected chi connectivity index (χ4v) is 5.65. The SMILES string of the molecule is O=S(=O)(Nc1ccc(Oc2ccc(Cl)cc2Cl)cc1)c1ccc2c3c(cccc13)CC2. The van der Waals surface area contributed by atoms with Gasteiger partial charge in [-0.25, -0.2) is 8.42 Å². The first kappa shape index (κ1) is 20.2. The Morgan fingerprint density at radius 1 is 0.839 bits per heavy atom. The summed E-state index contributed by atoms with van der Waals surface area (Å²) >= 11 is 12.0. The fourth-order valence-electron chi connectivity index (χ4n) is 3.94. The van der Waals surface area contributed by atoms with Crippen molar-refractivity contribution >= 4 is 49.7 Å². The number of rotatable bonds is 5. The van der Waals surface area contributed by atoms with Gasteiger partial charge in [0, 0.05) is 16.1 Å². The van der Waals surface area contributed by atoms with Crippen molar-refractivity contribution in [3.05, 3.63) is 94.0 Å². The van der Waals surface area contributed by atoms with Crippen LogP contribution in [0.3, 0.4) is 0 Å². The highest BCUT2D eigenvalue weighted by molar-refractivity contribution is 7.93. The van der Waals surface area contributed by atoms with Gasteiger partial charge in [-0.3, -0.25) is 4.72 Å². The molecule has 0 unspecified atom stereocenters. The molecule has 0 atom stereocenters. The lowest BCUT2D eigenvalue weighted by molar-refractivity contribution is 0.483. The van der Waals surface area contributed by atoms with Gasteiger partial charge in [0.2, 0.25) is 0 Å². The van der Waals surface area contributed by atoms with Crippen molar-refractivity contribution in [1.82, 2.24) is 0 Å². The Morgan fingerprint density at radius 2 is 1.58 bits per heavy atom. The van der Waals surface area contributed by atoms with E-state index in [0.29, 0.717) is 27.2 Å². The van der Waals surface area contributed by atoms with E-state index in [-0.39, 0.29) is 4.90 Å². The number of sulfonamides is 1. The molecule has 4 nitrogen and oxygen atoms in total. The lowest BCUT2D eigenvalue weighted by Gasteiger charge is -2.13. The minimum Gasteiger partial charge on any atom is -0.456 e. The minimum atomic E-state index is -3.76. The predicted octanol–water partition coefficient (Wildman–Crippen LogP) is 6.84. The van der Waals surface area contributed by atoms with E-state index < -0.39 is 10.0 Å². The van der Waals surface area contributed by atoms with Crippen molar-refractivity contribution in [2.24, 2.45) is 0 Å². The molecular formula is C24H17Cl2NO3S. The number of nitrogens with one attached hydrogen (secondary N) is 1. The molecule has 0 spiro atoms. The van der Waals surface area contributed by atoms with Crippen molar-refractivity contribution in [1.29, 1.82) is 0 Å². The first-order valence-corrected chi connectivity index (χ1v) is 11.9. The Bertz CT molecular complexity index is 1410. The summed E-state index contributed by atoms with van der Waals surface area (Å²) in [5.74, 6) is 0.991. The van der Waals surface area contributed by atoms with Crippen molar-refractivity contribution in [3.8, 4) is 11.5 Å². The van der Waals surface area contributed by atoms with E-state index in [1.54, 1.807) is 48.5 Å². The molecule has 0 bridgehead atoms. The third-order valence-corrected chi connectivity index (χ3v) is 7.32. The molecule has 1 aliphatic rings. The average Bonchev–Trinajstić information content (AvgIpc) is 3.16. The normalized spacial score (nSPS) is 12.8. The van der Waals surface area contributed by atoms with Crippen LogP contribution in [0, 0.1) is 0 Å². The molecular weight excluding hydrogens is 453 g/mol. The van der Waals surface area contributed by atoms with E-state index in [4.69, 9.17) is 27.9 Å². The standard InChI is InChI=1S/C24H17Cl2NO3S/c25-17-7-12-22(21(26)14-17)30-19-10-8-18(9-11-19)27-31(28,29)23-13-6-16-5-4-15-2-1-3-20(23)24(15)16/h1-3,6-14,27H,4-5H2. The van der Waals surface area contributed by atoms with Crippen molar-refractivity contribution < 1.29 is 13.2 Å². The van der Waals surface area contributed by atoms with E-state index >= 15 is 0 Å². The number of anilines is 1. The smallest absolute Gasteiger partial charge is 0.262 e. The van der Waals surface area contributed by atoms with Crippen LogP contribution in [0.15, 0.2) is 77.7 Å². The molecule has 7 heteroatoms. The Balaban J connectivity index is 1.41. The Hall–Kier alpha value is -2.73. The molecule has 4 aromatic rings. The maximum Gasteiger partial charge on any atom is 0.262 e. The second-order valence-electron chi connectivity index (χ2n) is 7.37. The van der Waals surface area contributed by atoms with Crippen molar-refractivity contribution in [2.75, 3.05) is 4.72 Å². The van der Waals surface area contributed by atoms with Gasteiger partial charge in [0.15, 0.2) is 0 Å². The van der Waals surface area contributed by atoms with Gasteiger partial charge < -0.3 is 4.74 Å². The molecule has 4 aromatic carbocycles. The zero-order valence-corrected chi connectivity index (χ0v) is 18.6. The zero-order chi connectivity index (χ0) is 21.6. The largest absolute Gasteiger partial charge is 0.456 e. The van der Waals surface area contributed by atoms with Crippen LogP contribution in [-0.4, -0.2) is 8.42 Å². The van der Waals surface area contributed by atoms with Gasteiger partial charge in [0.1, 0.15) is 11.5 Å². The number of ether oxygens (including phenoxy) is 1. The summed E-state index contributed by atoms with van der Waals surface area (Å²) in [6.07, 6.45) is 1.89. The second kappa shape index (κ2) is 7.75. The number of benzene rings is 4. The van der Waals surface area contributed by atoms with Crippen LogP contribution in [0.5, 0.6) is 11.5 Å². The monoisotopic (exact) mass is 469 g/mol. The fraction of sp³-hybridized carbons (Fsp3) is 0.0833. The van der Waals surface area contributed by atoms with E-state index in [9.17, 15) is 8.42 Å². The van der Waals surface area contributed by atoms with E-state index in [2.05, 4.69) is 10.8 Å². The Kier molecular flexibility index (Phi) is 5.05. The highest BCUT2D eigenvalue weighted by Gasteiger charge is 2.22. The Morgan fingerprint density at radius 3 is 2.32 bits per heavy atom. The third-order valence-electron chi connectivity index (χ3n) is 5.35. The highest BCUT2D eigenvalue weighted by Crippen LogP contribution is 2.36. The third kappa shape index (κ3) is 3.85. The minimum absolute atomic E-state index is 0.281. The van der Waals surface area contributed by atoms with Gasteiger partial charge in [-0.15, -0.1) is 0 Å². The van der Waals surface area contributed by atoms with Gasteiger partial charge in [0.25, 0.3) is 10.0 Å². The van der Waals surface area contributed by atoms with Crippen LogP contribution in [-0.2, 0) is 22.9 Å². The van der Waals surface area contributed by atoms with Crippen LogP contribution >= 0.6 is 23.2 Å². The summed E-state index contributed by atoms with van der Waals surface area (Å²) in [5, 5.41) is 2.74. The summed E-state index contributed by atoms with van der Waals surface area (Å²) in [4.78, 5) is 0.281. The Labute approximate surface area is 190 Å². The van der Waals surface area contributed by atoms with E-state index in [1.807, 2.05) is 18.2 Å². The van der Waals surface area contributed by atoms with Crippen molar-refractivity contribution in [2.45, 2.75) is 17.7 Å². The van der Waals surface area contributed by atoms with Gasteiger partial charge in [-0.05, 0) is 77.9 Å². The molecule has 0 aliphatic heterocycles. The van der Waals surface area contributed by atoms with Crippen LogP contribution in [0.25, 0.3) is 10.8 Å². The molecule has 5 rings (SSSR count). The summed E-state index contributed by atoms with van der Waals surface area (Å²) in [6.45, 7) is 0. The van der Waals surface area contributed by atoms with Gasteiger partial charge >= 0.3 is 0 Å². The first-order chi connectivity index (χ1) is 14.9. The molecule has 1 aliphatic carbocycles. The molecule has 0 fully saturated rings. The molecule has 0 saturated carbocycles. The van der Waals surface area contributed by atoms with Crippen LogP contribution in [0.4, 0.5) is 5.69 Å². The summed E-state index contributed by atoms with van der Waals surface area (Å²) in [7, 11) is -3.76. The number of halogens is 2. The number of hydrogen-bond acceptors (Lipinski definition) is 3. The number of hydrogen-bond donors (Lipinski definition) is 1. The van der Waals surface area contributed by atoms with E-state index in [1.165, 1.54) is 11.1 Å². The van der Waals surface area contributed by atoms with Gasteiger partial charge in [-0.1, -0.05) is 47.5 Å². The molecule has 1 N–H and O–H groups in total. The lowest BCUT2D eigenvalue weighted by Crippen LogP contribution is -2.13. The summed E-state index contributed by atoms with van der Waals surface area (Å²) in [5.41, 5.74) is 2.84. The molecule has 0 saturated heterocycles. The second-order valence-corrected chi connectivity index (χ2v) is 9.86. The first-order valence-electron chi connectivity index (χ1n) is 9.70. The molecule has 0 amide bonds. The quantitative estimate of drug-likeness (QED) is 0.348. The van der Waals surface area contributed by atoms with E-state index in [0.717, 1.165) is 23.6 Å². The molecule has 0 heterocycles. The van der Waals surface area contributed by atoms with Crippen molar-refractivity contribution in [3.63, 3.8) is 0 Å². The van der Waals surface area contributed by atoms with Crippen LogP contribution < -0.4 is 9.46 Å². The zero-order valence-electron chi connectivity index (χ0n) is 16.2. The lowest BCUT2D eigenvalue weighted by atomic mass is 10.1. The predicted molar refractivity (Wildman–Crippen MR) is 125 cm³/mol. The van der Waals surface area contributed by atoms with Crippen LogP contribution in [0.1, 0.15) is 11.1 Å². The highest BCUT2D eigenvalue weighted by atomic mass is 35.5. The van der Waals surface area contributed by atoms with Gasteiger partial charge in [0.05, 0.1) is 9.92 Å². The number of aryl methyl sites for hydroxylation is 2. The molecule has 0 radical (unpaired) electrons. The summed E-state index contributed by atoms with van der Waals surface area (Å²) in [6, 6.07) is 21.1. The maximum absolute atomic E-state index is 13.1. The van der Waals surface area contributed by atoms with Gasteiger partial charge in [-0.2, -0.15) is 0 Å². The molecule has 156 valence electrons. The maximum atomic E-state index is 13.1. The summed E-state index contributed by atoms with van der Waals surface area (Å²) < 4.78 is 34.7. The molecule has 31 heavy (non-hydrogen) atoms.